The maximum absolute atomic E-state index is 12.5. The van der Waals surface area contributed by atoms with E-state index < -0.39 is 0 Å². The summed E-state index contributed by atoms with van der Waals surface area (Å²) in [6, 6.07) is 5.32. The predicted octanol–water partition coefficient (Wildman–Crippen LogP) is 1.62. The highest BCUT2D eigenvalue weighted by Gasteiger charge is 2.29. The van der Waals surface area contributed by atoms with Gasteiger partial charge in [0.2, 0.25) is 5.91 Å². The van der Waals surface area contributed by atoms with Gasteiger partial charge in [0, 0.05) is 37.7 Å². The highest BCUT2D eigenvalue weighted by atomic mass is 32.2. The van der Waals surface area contributed by atoms with Crippen molar-refractivity contribution in [2.75, 3.05) is 33.1 Å². The Kier molecular flexibility index (Phi) is 5.08. The molecule has 26 heavy (non-hydrogen) atoms. The minimum atomic E-state index is -0.295. The molecule has 8 nitrogen and oxygen atoms in total. The van der Waals surface area contributed by atoms with E-state index in [9.17, 15) is 14.4 Å². The molecule has 0 spiro atoms. The van der Waals surface area contributed by atoms with Crippen molar-refractivity contribution in [3.8, 4) is 11.5 Å². The Morgan fingerprint density at radius 2 is 2.00 bits per heavy atom. The maximum atomic E-state index is 12.5. The molecule has 1 aromatic heterocycles. The van der Waals surface area contributed by atoms with Crippen molar-refractivity contribution in [1.82, 2.24) is 14.8 Å². The van der Waals surface area contributed by atoms with E-state index in [4.69, 9.17) is 9.47 Å². The lowest BCUT2D eigenvalue weighted by molar-refractivity contribution is -0.124. The molecule has 2 aromatic rings. The third kappa shape index (κ3) is 3.22. The Balaban J connectivity index is 1.77. The Hall–Kier alpha value is -2.68. The van der Waals surface area contributed by atoms with Crippen LogP contribution in [0.1, 0.15) is 10.5 Å². The minimum Gasteiger partial charge on any atom is -0.497 e. The number of benzene rings is 1. The first kappa shape index (κ1) is 18.1. The molecule has 0 radical (unpaired) electrons. The largest absolute Gasteiger partial charge is 0.497 e. The number of aryl methyl sites for hydroxylation is 1. The number of carbonyl (C=O) groups is 3. The van der Waals surface area contributed by atoms with Crippen molar-refractivity contribution in [2.24, 2.45) is 7.05 Å². The Morgan fingerprint density at radius 3 is 2.62 bits per heavy atom. The summed E-state index contributed by atoms with van der Waals surface area (Å²) in [4.78, 5) is 36.8. The summed E-state index contributed by atoms with van der Waals surface area (Å²) in [5.41, 5.74) is 1.24. The lowest BCUT2D eigenvalue weighted by atomic mass is 10.2. The zero-order valence-corrected chi connectivity index (χ0v) is 15.5. The highest BCUT2D eigenvalue weighted by molar-refractivity contribution is 8.14. The van der Waals surface area contributed by atoms with Crippen molar-refractivity contribution in [3.63, 3.8) is 0 Å². The summed E-state index contributed by atoms with van der Waals surface area (Å²) >= 11 is 0.977. The van der Waals surface area contributed by atoms with E-state index in [1.165, 1.54) is 0 Å². The highest BCUT2D eigenvalue weighted by Crippen LogP contribution is 2.33. The Morgan fingerprint density at radius 1 is 1.23 bits per heavy atom. The SMILES string of the molecule is COc1cc(OC)c2cc(C(=O)NCCN3C(=O)CSC3=O)n(C)c2c1. The molecule has 9 heteroatoms. The van der Waals surface area contributed by atoms with Crippen LogP contribution in [0.3, 0.4) is 0 Å². The molecule has 3 amide bonds. The van der Waals surface area contributed by atoms with Crippen LogP contribution in [0.4, 0.5) is 4.79 Å². The zero-order chi connectivity index (χ0) is 18.8. The molecule has 1 aliphatic rings. The van der Waals surface area contributed by atoms with E-state index in [2.05, 4.69) is 5.32 Å². The average molecular weight is 377 g/mol. The van der Waals surface area contributed by atoms with Crippen LogP contribution in [0.25, 0.3) is 10.9 Å². The number of imide groups is 1. The molecule has 0 aliphatic carbocycles. The normalized spacial score (nSPS) is 14.2. The third-order valence-electron chi connectivity index (χ3n) is 4.25. The number of nitrogens with one attached hydrogen (secondary N) is 1. The summed E-state index contributed by atoms with van der Waals surface area (Å²) in [5, 5.41) is 3.27. The van der Waals surface area contributed by atoms with Gasteiger partial charge in [-0.3, -0.25) is 19.3 Å². The molecule has 1 fully saturated rings. The first-order valence-corrected chi connectivity index (χ1v) is 8.91. The fraction of sp³-hybridized carbons (Fsp3) is 0.353. The summed E-state index contributed by atoms with van der Waals surface area (Å²) in [6.07, 6.45) is 0. The van der Waals surface area contributed by atoms with Crippen LogP contribution >= 0.6 is 11.8 Å². The van der Waals surface area contributed by atoms with Crippen LogP contribution in [0.5, 0.6) is 11.5 Å². The minimum absolute atomic E-state index is 0.164. The first-order valence-electron chi connectivity index (χ1n) is 7.93. The second-order valence-corrected chi connectivity index (χ2v) is 6.63. The van der Waals surface area contributed by atoms with Gasteiger partial charge < -0.3 is 19.4 Å². The van der Waals surface area contributed by atoms with Crippen molar-refractivity contribution < 1.29 is 23.9 Å². The van der Waals surface area contributed by atoms with Crippen LogP contribution in [-0.4, -0.2) is 59.6 Å². The molecule has 3 rings (SSSR count). The van der Waals surface area contributed by atoms with Gasteiger partial charge in [-0.15, -0.1) is 0 Å². The number of hydrogen-bond donors (Lipinski definition) is 1. The lowest BCUT2D eigenvalue weighted by Gasteiger charge is -2.13. The van der Waals surface area contributed by atoms with Crippen LogP contribution < -0.4 is 14.8 Å². The Labute approximate surface area is 154 Å². The molecule has 0 bridgehead atoms. The summed E-state index contributed by atoms with van der Waals surface area (Å²) in [7, 11) is 4.90. The first-order chi connectivity index (χ1) is 12.5. The quantitative estimate of drug-likeness (QED) is 0.823. The van der Waals surface area contributed by atoms with Crippen molar-refractivity contribution in [3.05, 3.63) is 23.9 Å². The van der Waals surface area contributed by atoms with E-state index in [-0.39, 0.29) is 35.9 Å². The number of thioether (sulfide) groups is 1. The van der Waals surface area contributed by atoms with Crippen LogP contribution in [0.2, 0.25) is 0 Å². The van der Waals surface area contributed by atoms with E-state index in [0.29, 0.717) is 17.2 Å². The van der Waals surface area contributed by atoms with Gasteiger partial charge in [-0.05, 0) is 6.07 Å². The number of aromatic nitrogens is 1. The van der Waals surface area contributed by atoms with Gasteiger partial charge in [0.15, 0.2) is 0 Å². The Bertz CT molecular complexity index is 876. The number of fused-ring (bicyclic) bond motifs is 1. The molecular formula is C17H19N3O5S. The molecular weight excluding hydrogens is 358 g/mol. The van der Waals surface area contributed by atoms with Crippen molar-refractivity contribution in [2.45, 2.75) is 0 Å². The van der Waals surface area contributed by atoms with Crippen molar-refractivity contribution >= 4 is 39.7 Å². The summed E-state index contributed by atoms with van der Waals surface area (Å²) < 4.78 is 12.4. The molecule has 1 aromatic carbocycles. The van der Waals surface area contributed by atoms with Crippen molar-refractivity contribution in [1.29, 1.82) is 0 Å². The molecule has 1 N–H and O–H groups in total. The summed E-state index contributed by atoms with van der Waals surface area (Å²) in [5.74, 6) is 0.884. The molecule has 0 saturated carbocycles. The number of methoxy groups -OCH3 is 2. The number of nitrogens with zero attached hydrogens (tertiary/aromatic N) is 2. The maximum Gasteiger partial charge on any atom is 0.288 e. The van der Waals surface area contributed by atoms with Gasteiger partial charge in [0.25, 0.3) is 11.1 Å². The fourth-order valence-electron chi connectivity index (χ4n) is 2.85. The lowest BCUT2D eigenvalue weighted by Crippen LogP contribution is -2.37. The average Bonchev–Trinajstić information content (AvgIpc) is 3.14. The van der Waals surface area contributed by atoms with E-state index in [1.54, 1.807) is 38.0 Å². The van der Waals surface area contributed by atoms with Gasteiger partial charge in [0.05, 0.1) is 25.5 Å². The van der Waals surface area contributed by atoms with E-state index in [0.717, 1.165) is 27.6 Å². The van der Waals surface area contributed by atoms with Crippen LogP contribution in [0, 0.1) is 0 Å². The predicted molar refractivity (Wildman–Crippen MR) is 97.9 cm³/mol. The second-order valence-electron chi connectivity index (χ2n) is 5.71. The van der Waals surface area contributed by atoms with Crippen LogP contribution in [0.15, 0.2) is 18.2 Å². The molecule has 1 aliphatic heterocycles. The van der Waals surface area contributed by atoms with E-state index >= 15 is 0 Å². The number of hydrogen-bond acceptors (Lipinski definition) is 6. The number of ether oxygens (including phenoxy) is 2. The molecule has 138 valence electrons. The zero-order valence-electron chi connectivity index (χ0n) is 14.7. The second kappa shape index (κ2) is 7.28. The standard InChI is InChI=1S/C17H19N3O5S/c1-19-12-6-10(24-2)7-14(25-3)11(12)8-13(19)16(22)18-4-5-20-15(21)9-26-17(20)23/h6-8H,4-5,9H2,1-3H3,(H,18,22). The summed E-state index contributed by atoms with van der Waals surface area (Å²) in [6.45, 7) is 0.357. The topological polar surface area (TPSA) is 89.9 Å². The molecule has 0 atom stereocenters. The van der Waals surface area contributed by atoms with Gasteiger partial charge in [-0.1, -0.05) is 11.8 Å². The fourth-order valence-corrected chi connectivity index (χ4v) is 3.60. The number of carbonyl (C=O) groups excluding carboxylic acids is 3. The monoisotopic (exact) mass is 377 g/mol. The smallest absolute Gasteiger partial charge is 0.288 e. The number of amides is 3. The van der Waals surface area contributed by atoms with E-state index in [1.807, 2.05) is 6.07 Å². The van der Waals surface area contributed by atoms with Crippen LogP contribution in [-0.2, 0) is 11.8 Å². The third-order valence-corrected chi connectivity index (χ3v) is 5.11. The van der Waals surface area contributed by atoms with Gasteiger partial charge >= 0.3 is 0 Å². The van der Waals surface area contributed by atoms with Gasteiger partial charge in [-0.2, -0.15) is 0 Å². The molecule has 1 saturated heterocycles. The number of rotatable bonds is 6. The van der Waals surface area contributed by atoms with Gasteiger partial charge in [-0.25, -0.2) is 0 Å². The molecule has 0 unspecified atom stereocenters. The van der Waals surface area contributed by atoms with Gasteiger partial charge in [0.1, 0.15) is 17.2 Å². The molecule has 2 heterocycles.